The molecule has 0 aromatic rings. The molecule has 4 nitrogen and oxygen atoms in total. The number of rotatable bonds is 9. The van der Waals surface area contributed by atoms with Gasteiger partial charge in [0.25, 0.3) is 0 Å². The summed E-state index contributed by atoms with van der Waals surface area (Å²) in [6, 6.07) is 0.503. The van der Waals surface area contributed by atoms with Gasteiger partial charge < -0.3 is 15.0 Å². The van der Waals surface area contributed by atoms with Gasteiger partial charge in [-0.2, -0.15) is 0 Å². The van der Waals surface area contributed by atoms with Crippen LogP contribution in [0.4, 0.5) is 0 Å². The Morgan fingerprint density at radius 1 is 1.29 bits per heavy atom. The van der Waals surface area contributed by atoms with E-state index in [-0.39, 0.29) is 5.97 Å². The first-order valence-corrected chi connectivity index (χ1v) is 8.64. The standard InChI is InChI=1S/C17H34N2O2/c1-5-7-12-19(13-8-6-2)15-10-9-11-17(14-15,18-3)16(20)21-4/h15,18H,5-14H2,1-4H3. The smallest absolute Gasteiger partial charge is 0.326 e. The number of esters is 1. The summed E-state index contributed by atoms with van der Waals surface area (Å²) in [6.45, 7) is 6.79. The fourth-order valence-corrected chi connectivity index (χ4v) is 3.47. The van der Waals surface area contributed by atoms with Gasteiger partial charge in [0.1, 0.15) is 5.54 Å². The van der Waals surface area contributed by atoms with Crippen LogP contribution in [-0.2, 0) is 9.53 Å². The summed E-state index contributed by atoms with van der Waals surface area (Å²) in [4.78, 5) is 14.8. The van der Waals surface area contributed by atoms with E-state index < -0.39 is 5.54 Å². The number of likely N-dealkylation sites (N-methyl/N-ethyl adjacent to an activating group) is 1. The molecule has 0 aromatic carbocycles. The van der Waals surface area contributed by atoms with Crippen molar-refractivity contribution < 1.29 is 9.53 Å². The molecule has 0 aromatic heterocycles. The maximum Gasteiger partial charge on any atom is 0.326 e. The lowest BCUT2D eigenvalue weighted by molar-refractivity contribution is -0.151. The fourth-order valence-electron chi connectivity index (χ4n) is 3.47. The Labute approximate surface area is 130 Å². The molecule has 0 heterocycles. The van der Waals surface area contributed by atoms with E-state index in [2.05, 4.69) is 24.1 Å². The molecule has 2 atom stereocenters. The van der Waals surface area contributed by atoms with Crippen LogP contribution in [0.25, 0.3) is 0 Å². The SMILES string of the molecule is CCCCN(CCCC)C1CCCC(NC)(C(=O)OC)C1. The molecule has 1 N–H and O–H groups in total. The third-order valence-electron chi connectivity index (χ3n) is 4.89. The maximum absolute atomic E-state index is 12.2. The highest BCUT2D eigenvalue weighted by Crippen LogP contribution is 2.32. The minimum Gasteiger partial charge on any atom is -0.468 e. The Hall–Kier alpha value is -0.610. The molecule has 0 radical (unpaired) electrons. The molecule has 1 saturated carbocycles. The monoisotopic (exact) mass is 298 g/mol. The number of hydrogen-bond donors (Lipinski definition) is 1. The second kappa shape index (κ2) is 9.42. The molecular formula is C17H34N2O2. The van der Waals surface area contributed by atoms with E-state index in [0.717, 1.165) is 32.4 Å². The zero-order valence-electron chi connectivity index (χ0n) is 14.4. The molecule has 1 fully saturated rings. The fraction of sp³-hybridized carbons (Fsp3) is 0.941. The molecule has 0 bridgehead atoms. The van der Waals surface area contributed by atoms with Crippen molar-refractivity contribution in [2.24, 2.45) is 0 Å². The Bertz CT molecular complexity index is 301. The zero-order valence-corrected chi connectivity index (χ0v) is 14.4. The predicted octanol–water partition coefficient (Wildman–Crippen LogP) is 2.96. The van der Waals surface area contributed by atoms with Gasteiger partial charge in [0.2, 0.25) is 0 Å². The van der Waals surface area contributed by atoms with Gasteiger partial charge in [-0.1, -0.05) is 26.7 Å². The van der Waals surface area contributed by atoms with Gasteiger partial charge >= 0.3 is 5.97 Å². The number of nitrogens with one attached hydrogen (secondary N) is 1. The van der Waals surface area contributed by atoms with Gasteiger partial charge in [-0.3, -0.25) is 4.79 Å². The van der Waals surface area contributed by atoms with Crippen LogP contribution in [0.5, 0.6) is 0 Å². The second-order valence-corrected chi connectivity index (χ2v) is 6.32. The molecule has 1 aliphatic rings. The van der Waals surface area contributed by atoms with E-state index in [1.165, 1.54) is 39.2 Å². The summed E-state index contributed by atoms with van der Waals surface area (Å²) < 4.78 is 5.05. The largest absolute Gasteiger partial charge is 0.468 e. The van der Waals surface area contributed by atoms with Crippen molar-refractivity contribution >= 4 is 5.97 Å². The van der Waals surface area contributed by atoms with Crippen LogP contribution >= 0.6 is 0 Å². The number of ether oxygens (including phenoxy) is 1. The van der Waals surface area contributed by atoms with Crippen molar-refractivity contribution in [1.82, 2.24) is 10.2 Å². The Morgan fingerprint density at radius 3 is 2.38 bits per heavy atom. The van der Waals surface area contributed by atoms with Gasteiger partial charge in [0, 0.05) is 6.04 Å². The number of carbonyl (C=O) groups is 1. The molecule has 124 valence electrons. The van der Waals surface area contributed by atoms with Crippen LogP contribution in [0.3, 0.4) is 0 Å². The quantitative estimate of drug-likeness (QED) is 0.665. The second-order valence-electron chi connectivity index (χ2n) is 6.32. The third-order valence-corrected chi connectivity index (χ3v) is 4.89. The zero-order chi connectivity index (χ0) is 15.7. The van der Waals surface area contributed by atoms with E-state index in [1.54, 1.807) is 0 Å². The molecule has 0 saturated heterocycles. The van der Waals surface area contributed by atoms with Gasteiger partial charge in [-0.25, -0.2) is 0 Å². The van der Waals surface area contributed by atoms with Crippen LogP contribution in [0.1, 0.15) is 65.2 Å². The lowest BCUT2D eigenvalue weighted by Gasteiger charge is -2.43. The van der Waals surface area contributed by atoms with Gasteiger partial charge in [0.05, 0.1) is 7.11 Å². The van der Waals surface area contributed by atoms with Crippen LogP contribution in [0.15, 0.2) is 0 Å². The number of nitrogens with zero attached hydrogens (tertiary/aromatic N) is 1. The van der Waals surface area contributed by atoms with Crippen LogP contribution < -0.4 is 5.32 Å². The van der Waals surface area contributed by atoms with Crippen molar-refractivity contribution in [3.8, 4) is 0 Å². The summed E-state index contributed by atoms with van der Waals surface area (Å²) in [6.07, 6.45) is 9.00. The van der Waals surface area contributed by atoms with E-state index in [1.807, 2.05) is 7.05 Å². The van der Waals surface area contributed by atoms with E-state index in [0.29, 0.717) is 6.04 Å². The molecular weight excluding hydrogens is 264 g/mol. The summed E-state index contributed by atoms with van der Waals surface area (Å²) in [5.41, 5.74) is -0.478. The normalized spacial score (nSPS) is 26.0. The van der Waals surface area contributed by atoms with Crippen LogP contribution in [-0.4, -0.2) is 49.7 Å². The van der Waals surface area contributed by atoms with Crippen molar-refractivity contribution in [2.75, 3.05) is 27.2 Å². The van der Waals surface area contributed by atoms with Gasteiger partial charge in [0.15, 0.2) is 0 Å². The van der Waals surface area contributed by atoms with Crippen LogP contribution in [0, 0.1) is 0 Å². The van der Waals surface area contributed by atoms with Crippen molar-refractivity contribution in [2.45, 2.75) is 76.8 Å². The number of carbonyl (C=O) groups excluding carboxylic acids is 1. The third kappa shape index (κ3) is 4.96. The molecule has 21 heavy (non-hydrogen) atoms. The van der Waals surface area contributed by atoms with E-state index in [4.69, 9.17) is 4.74 Å². The summed E-state index contributed by atoms with van der Waals surface area (Å²) >= 11 is 0. The Morgan fingerprint density at radius 2 is 1.90 bits per heavy atom. The first-order valence-electron chi connectivity index (χ1n) is 8.64. The first-order chi connectivity index (χ1) is 10.1. The summed E-state index contributed by atoms with van der Waals surface area (Å²) in [5.74, 6) is -0.0966. The van der Waals surface area contributed by atoms with Gasteiger partial charge in [-0.15, -0.1) is 0 Å². The van der Waals surface area contributed by atoms with E-state index >= 15 is 0 Å². The lowest BCUT2D eigenvalue weighted by Crippen LogP contribution is -2.57. The number of methoxy groups -OCH3 is 1. The Balaban J connectivity index is 2.75. The number of hydrogen-bond acceptors (Lipinski definition) is 4. The summed E-state index contributed by atoms with van der Waals surface area (Å²) in [5, 5.41) is 3.26. The molecule has 1 rings (SSSR count). The minimum atomic E-state index is -0.478. The van der Waals surface area contributed by atoms with Crippen molar-refractivity contribution in [1.29, 1.82) is 0 Å². The Kier molecular flexibility index (Phi) is 8.27. The molecule has 4 heteroatoms. The van der Waals surface area contributed by atoms with Crippen molar-refractivity contribution in [3.05, 3.63) is 0 Å². The maximum atomic E-state index is 12.2. The average Bonchev–Trinajstić information content (AvgIpc) is 2.54. The average molecular weight is 298 g/mol. The first kappa shape index (κ1) is 18.4. The molecule has 0 aliphatic heterocycles. The summed E-state index contributed by atoms with van der Waals surface area (Å²) in [7, 11) is 3.39. The van der Waals surface area contributed by atoms with Crippen LogP contribution in [0.2, 0.25) is 0 Å². The van der Waals surface area contributed by atoms with E-state index in [9.17, 15) is 4.79 Å². The highest BCUT2D eigenvalue weighted by atomic mass is 16.5. The minimum absolute atomic E-state index is 0.0966. The topological polar surface area (TPSA) is 41.6 Å². The molecule has 0 spiro atoms. The number of unbranched alkanes of at least 4 members (excludes halogenated alkanes) is 2. The molecule has 1 aliphatic carbocycles. The highest BCUT2D eigenvalue weighted by Gasteiger charge is 2.43. The highest BCUT2D eigenvalue weighted by molar-refractivity contribution is 5.81. The lowest BCUT2D eigenvalue weighted by atomic mass is 9.78. The van der Waals surface area contributed by atoms with Gasteiger partial charge in [-0.05, 0) is 58.7 Å². The van der Waals surface area contributed by atoms with Crippen molar-refractivity contribution in [3.63, 3.8) is 0 Å². The predicted molar refractivity (Wildman–Crippen MR) is 87.5 cm³/mol. The molecule has 0 amide bonds. The molecule has 2 unspecified atom stereocenters.